The molecular weight excluding hydrogens is 481 g/mol. The largest absolute Gasteiger partial charge is 0.369 e. The van der Waals surface area contributed by atoms with Crippen LogP contribution in [-0.2, 0) is 6.42 Å². The number of carbonyl (C=O) groups is 1. The molecule has 8 heteroatoms. The van der Waals surface area contributed by atoms with E-state index in [0.29, 0.717) is 17.3 Å². The van der Waals surface area contributed by atoms with E-state index < -0.39 is 0 Å². The summed E-state index contributed by atoms with van der Waals surface area (Å²) in [5, 5.41) is 4.55. The Labute approximate surface area is 217 Å². The molecule has 4 rings (SSSR count). The molecule has 1 amide bonds. The molecule has 0 bridgehead atoms. The van der Waals surface area contributed by atoms with Crippen LogP contribution in [0.2, 0.25) is 10.0 Å². The van der Waals surface area contributed by atoms with Crippen molar-refractivity contribution in [3.05, 3.63) is 75.8 Å². The van der Waals surface area contributed by atoms with Gasteiger partial charge in [0.2, 0.25) is 0 Å². The van der Waals surface area contributed by atoms with Crippen LogP contribution in [0.3, 0.4) is 0 Å². The van der Waals surface area contributed by atoms with Crippen molar-refractivity contribution in [1.29, 1.82) is 0 Å². The highest BCUT2D eigenvalue weighted by molar-refractivity contribution is 6.31. The van der Waals surface area contributed by atoms with Gasteiger partial charge in [0.25, 0.3) is 5.91 Å². The van der Waals surface area contributed by atoms with Crippen LogP contribution in [0.15, 0.2) is 48.7 Å². The summed E-state index contributed by atoms with van der Waals surface area (Å²) in [6.07, 6.45) is 4.48. The Hall–Kier alpha value is -2.54. The molecule has 0 radical (unpaired) electrons. The van der Waals surface area contributed by atoms with E-state index in [9.17, 15) is 4.79 Å². The lowest BCUT2D eigenvalue weighted by Crippen LogP contribution is -2.47. The minimum atomic E-state index is -0.128. The number of nitrogens with one attached hydrogen (secondary N) is 1. The zero-order valence-corrected chi connectivity index (χ0v) is 21.9. The molecule has 186 valence electrons. The second kappa shape index (κ2) is 11.9. The van der Waals surface area contributed by atoms with E-state index in [1.54, 1.807) is 0 Å². The third-order valence-corrected chi connectivity index (χ3v) is 7.14. The average Bonchev–Trinajstić information content (AvgIpc) is 3.29. The number of imidazole rings is 1. The number of benzene rings is 2. The van der Waals surface area contributed by atoms with Crippen LogP contribution >= 0.6 is 23.2 Å². The molecule has 3 aromatic rings. The Bertz CT molecular complexity index is 1140. The van der Waals surface area contributed by atoms with Crippen LogP contribution in [0.5, 0.6) is 0 Å². The summed E-state index contributed by atoms with van der Waals surface area (Å²) in [6.45, 7) is 9.75. The van der Waals surface area contributed by atoms with Crippen molar-refractivity contribution >= 4 is 34.8 Å². The van der Waals surface area contributed by atoms with Gasteiger partial charge in [0.05, 0.1) is 0 Å². The lowest BCUT2D eigenvalue weighted by Gasteiger charge is -2.37. The van der Waals surface area contributed by atoms with Crippen LogP contribution < -0.4 is 10.2 Å². The van der Waals surface area contributed by atoms with Crippen molar-refractivity contribution < 1.29 is 4.79 Å². The molecule has 1 N–H and O–H groups in total. The van der Waals surface area contributed by atoms with Crippen molar-refractivity contribution in [2.24, 2.45) is 0 Å². The number of aromatic nitrogens is 2. The van der Waals surface area contributed by atoms with Gasteiger partial charge in [-0.2, -0.15) is 0 Å². The van der Waals surface area contributed by atoms with Gasteiger partial charge in [-0.25, -0.2) is 4.98 Å². The fraction of sp³-hybridized carbons (Fsp3) is 0.407. The number of nitrogens with zero attached hydrogens (tertiary/aromatic N) is 4. The lowest BCUT2D eigenvalue weighted by molar-refractivity contribution is 0.0946. The van der Waals surface area contributed by atoms with Crippen molar-refractivity contribution in [1.82, 2.24) is 19.8 Å². The summed E-state index contributed by atoms with van der Waals surface area (Å²) in [4.78, 5) is 22.2. The molecular formula is C27H33Cl2N5O. The fourth-order valence-corrected chi connectivity index (χ4v) is 4.79. The van der Waals surface area contributed by atoms with E-state index >= 15 is 0 Å². The summed E-state index contributed by atoms with van der Waals surface area (Å²) >= 11 is 12.3. The van der Waals surface area contributed by atoms with Gasteiger partial charge in [-0.05, 0) is 68.3 Å². The molecule has 0 unspecified atom stereocenters. The molecule has 35 heavy (non-hydrogen) atoms. The van der Waals surface area contributed by atoms with E-state index in [1.807, 2.05) is 47.2 Å². The lowest BCUT2D eigenvalue weighted by atomic mass is 10.1. The van der Waals surface area contributed by atoms with E-state index in [2.05, 4.69) is 40.0 Å². The molecule has 1 aromatic heterocycles. The Kier molecular flexibility index (Phi) is 8.71. The fourth-order valence-electron chi connectivity index (χ4n) is 4.50. The summed E-state index contributed by atoms with van der Waals surface area (Å²) < 4.78 is 1.98. The highest BCUT2D eigenvalue weighted by atomic mass is 35.5. The number of carbonyl (C=O) groups excluding carboxylic acids is 1. The Morgan fingerprint density at radius 2 is 1.80 bits per heavy atom. The van der Waals surface area contributed by atoms with Gasteiger partial charge in [0, 0.05) is 66.8 Å². The molecule has 0 atom stereocenters. The summed E-state index contributed by atoms with van der Waals surface area (Å²) in [6, 6.07) is 13.7. The third-order valence-electron chi connectivity index (χ3n) is 6.48. The van der Waals surface area contributed by atoms with E-state index in [0.717, 1.165) is 74.1 Å². The third kappa shape index (κ3) is 6.37. The molecule has 6 nitrogen and oxygen atoms in total. The van der Waals surface area contributed by atoms with Crippen molar-refractivity contribution in [3.63, 3.8) is 0 Å². The molecule has 0 saturated carbocycles. The predicted octanol–water partition coefficient (Wildman–Crippen LogP) is 5.38. The zero-order chi connectivity index (χ0) is 24.8. The van der Waals surface area contributed by atoms with Crippen molar-refractivity contribution in [2.75, 3.05) is 44.2 Å². The maximum absolute atomic E-state index is 12.8. The first-order chi connectivity index (χ1) is 17.0. The highest BCUT2D eigenvalue weighted by Gasteiger charge is 2.19. The number of aryl methyl sites for hydroxylation is 1. The normalized spacial score (nSPS) is 14.3. The minimum Gasteiger partial charge on any atom is -0.369 e. The van der Waals surface area contributed by atoms with Crippen LogP contribution in [0.25, 0.3) is 5.69 Å². The number of hydrogen-bond donors (Lipinski definition) is 1. The van der Waals surface area contributed by atoms with Gasteiger partial charge < -0.3 is 14.8 Å². The SMILES string of the molecule is CCCc1nc(C(=O)NCCCN2CCN(c3cccc(Cl)c3C)CC2)cn1-c1ccc(Cl)cc1. The Morgan fingerprint density at radius 3 is 2.51 bits per heavy atom. The molecule has 1 aliphatic heterocycles. The average molecular weight is 515 g/mol. The first-order valence-corrected chi connectivity index (χ1v) is 13.1. The number of rotatable bonds is 9. The number of anilines is 1. The standard InChI is InChI=1S/C27H33Cl2N5O/c1-3-6-26-31-24(19-34(26)22-11-9-21(28)10-12-22)27(35)30-13-5-14-32-15-17-33(18-16-32)25-8-4-7-23(29)20(25)2/h4,7-12,19H,3,5-6,13-18H2,1-2H3,(H,30,35). The Balaban J connectivity index is 1.25. The minimum absolute atomic E-state index is 0.128. The van der Waals surface area contributed by atoms with Gasteiger partial charge in [0.1, 0.15) is 11.5 Å². The molecule has 0 spiro atoms. The predicted molar refractivity (Wildman–Crippen MR) is 144 cm³/mol. The molecule has 1 aliphatic rings. The van der Waals surface area contributed by atoms with E-state index in [-0.39, 0.29) is 5.91 Å². The smallest absolute Gasteiger partial charge is 0.271 e. The van der Waals surface area contributed by atoms with Gasteiger partial charge in [-0.1, -0.05) is 36.2 Å². The van der Waals surface area contributed by atoms with Crippen LogP contribution in [0.4, 0.5) is 5.69 Å². The first kappa shape index (κ1) is 25.5. The molecule has 2 aromatic carbocycles. The van der Waals surface area contributed by atoms with Gasteiger partial charge in [0.15, 0.2) is 0 Å². The van der Waals surface area contributed by atoms with Crippen LogP contribution in [0.1, 0.15) is 41.6 Å². The highest BCUT2D eigenvalue weighted by Crippen LogP contribution is 2.27. The first-order valence-electron chi connectivity index (χ1n) is 12.3. The monoisotopic (exact) mass is 513 g/mol. The molecule has 0 aliphatic carbocycles. The topological polar surface area (TPSA) is 53.4 Å². The van der Waals surface area contributed by atoms with E-state index in [1.165, 1.54) is 5.69 Å². The van der Waals surface area contributed by atoms with Gasteiger partial charge in [-0.3, -0.25) is 9.69 Å². The van der Waals surface area contributed by atoms with Crippen molar-refractivity contribution in [2.45, 2.75) is 33.1 Å². The number of amides is 1. The molecule has 2 heterocycles. The van der Waals surface area contributed by atoms with Crippen LogP contribution in [-0.4, -0.2) is 59.6 Å². The zero-order valence-electron chi connectivity index (χ0n) is 20.4. The molecule has 1 saturated heterocycles. The number of hydrogen-bond acceptors (Lipinski definition) is 4. The van der Waals surface area contributed by atoms with Crippen LogP contribution in [0, 0.1) is 6.92 Å². The second-order valence-electron chi connectivity index (χ2n) is 8.96. The second-order valence-corrected chi connectivity index (χ2v) is 9.80. The van der Waals surface area contributed by atoms with E-state index in [4.69, 9.17) is 23.2 Å². The summed E-state index contributed by atoms with van der Waals surface area (Å²) in [5.74, 6) is 0.754. The maximum Gasteiger partial charge on any atom is 0.271 e. The number of halogens is 2. The van der Waals surface area contributed by atoms with Crippen molar-refractivity contribution in [3.8, 4) is 5.69 Å². The number of piperazine rings is 1. The van der Waals surface area contributed by atoms with Gasteiger partial charge in [-0.15, -0.1) is 0 Å². The summed E-state index contributed by atoms with van der Waals surface area (Å²) in [7, 11) is 0. The maximum atomic E-state index is 12.8. The Morgan fingerprint density at radius 1 is 1.06 bits per heavy atom. The summed E-state index contributed by atoms with van der Waals surface area (Å²) in [5.41, 5.74) is 3.78. The molecule has 1 fully saturated rings. The quantitative estimate of drug-likeness (QED) is 0.390. The van der Waals surface area contributed by atoms with Gasteiger partial charge >= 0.3 is 0 Å².